The van der Waals surface area contributed by atoms with Crippen LogP contribution in [-0.4, -0.2) is 53.9 Å². The highest BCUT2D eigenvalue weighted by Crippen LogP contribution is 2.23. The number of pyridine rings is 1. The molecule has 0 aromatic carbocycles. The van der Waals surface area contributed by atoms with Crippen molar-refractivity contribution in [1.29, 1.82) is 0 Å². The maximum absolute atomic E-state index is 12.2. The standard InChI is InChI=1S/C17H27N3O3/c1-6-22-14-7-8-18-15(11-14)20-10-9-19(12-13(20)2)16(21)23-17(3,4)5/h7-8,11,13H,6,9-10,12H2,1-5H3/t13-/m0/s1. The van der Waals surface area contributed by atoms with Crippen LogP contribution in [0.4, 0.5) is 10.6 Å². The second kappa shape index (κ2) is 7.06. The first-order valence-electron chi connectivity index (χ1n) is 8.13. The van der Waals surface area contributed by atoms with Crippen LogP contribution in [0.25, 0.3) is 0 Å². The molecule has 1 saturated heterocycles. The molecule has 23 heavy (non-hydrogen) atoms. The van der Waals surface area contributed by atoms with E-state index in [2.05, 4.69) is 16.8 Å². The number of carbonyl (C=O) groups is 1. The molecule has 1 fully saturated rings. The molecular formula is C17H27N3O3. The lowest BCUT2D eigenvalue weighted by atomic mass is 10.2. The van der Waals surface area contributed by atoms with Crippen molar-refractivity contribution in [2.24, 2.45) is 0 Å². The molecule has 0 saturated carbocycles. The molecule has 2 heterocycles. The summed E-state index contributed by atoms with van der Waals surface area (Å²) in [7, 11) is 0. The zero-order valence-electron chi connectivity index (χ0n) is 14.7. The highest BCUT2D eigenvalue weighted by molar-refractivity contribution is 5.68. The predicted molar refractivity (Wildman–Crippen MR) is 90.0 cm³/mol. The van der Waals surface area contributed by atoms with Gasteiger partial charge in [-0.25, -0.2) is 9.78 Å². The normalized spacial score (nSPS) is 18.7. The quantitative estimate of drug-likeness (QED) is 0.857. The minimum absolute atomic E-state index is 0.167. The zero-order valence-corrected chi connectivity index (χ0v) is 14.7. The van der Waals surface area contributed by atoms with E-state index >= 15 is 0 Å². The molecule has 1 aliphatic heterocycles. The summed E-state index contributed by atoms with van der Waals surface area (Å²) in [5.41, 5.74) is -0.467. The van der Waals surface area contributed by atoms with E-state index in [1.807, 2.05) is 39.8 Å². The average molecular weight is 321 g/mol. The zero-order chi connectivity index (χ0) is 17.0. The van der Waals surface area contributed by atoms with Gasteiger partial charge in [-0.2, -0.15) is 0 Å². The molecule has 6 nitrogen and oxygen atoms in total. The van der Waals surface area contributed by atoms with Gasteiger partial charge in [0.25, 0.3) is 0 Å². The van der Waals surface area contributed by atoms with Crippen LogP contribution in [0, 0.1) is 0 Å². The Kier molecular flexibility index (Phi) is 5.34. The second-order valence-corrected chi connectivity index (χ2v) is 6.75. The summed E-state index contributed by atoms with van der Waals surface area (Å²) in [6.45, 7) is 12.3. The summed E-state index contributed by atoms with van der Waals surface area (Å²) in [5.74, 6) is 1.70. The number of amides is 1. The summed E-state index contributed by atoms with van der Waals surface area (Å²) < 4.78 is 11.0. The molecule has 1 aromatic heterocycles. The smallest absolute Gasteiger partial charge is 0.410 e. The summed E-state index contributed by atoms with van der Waals surface area (Å²) in [6, 6.07) is 3.97. The van der Waals surface area contributed by atoms with Gasteiger partial charge >= 0.3 is 6.09 Å². The summed E-state index contributed by atoms with van der Waals surface area (Å²) in [5, 5.41) is 0. The third kappa shape index (κ3) is 4.74. The van der Waals surface area contributed by atoms with E-state index < -0.39 is 5.60 Å². The molecule has 6 heteroatoms. The molecule has 0 spiro atoms. The number of nitrogens with zero attached hydrogens (tertiary/aromatic N) is 3. The molecule has 0 bridgehead atoms. The first kappa shape index (κ1) is 17.4. The van der Waals surface area contributed by atoms with Crippen LogP contribution in [-0.2, 0) is 4.74 Å². The Balaban J connectivity index is 2.01. The molecule has 1 aromatic rings. The summed E-state index contributed by atoms with van der Waals surface area (Å²) >= 11 is 0. The van der Waals surface area contributed by atoms with Gasteiger partial charge in [0, 0.05) is 37.9 Å². The lowest BCUT2D eigenvalue weighted by molar-refractivity contribution is 0.0218. The van der Waals surface area contributed by atoms with Crippen molar-refractivity contribution >= 4 is 11.9 Å². The Hall–Kier alpha value is -1.98. The number of hydrogen-bond acceptors (Lipinski definition) is 5. The maximum atomic E-state index is 12.2. The van der Waals surface area contributed by atoms with Gasteiger partial charge in [-0.15, -0.1) is 0 Å². The van der Waals surface area contributed by atoms with Crippen LogP contribution in [0.1, 0.15) is 34.6 Å². The number of ether oxygens (including phenoxy) is 2. The van der Waals surface area contributed by atoms with Crippen LogP contribution < -0.4 is 9.64 Å². The number of rotatable bonds is 3. The summed E-state index contributed by atoms with van der Waals surface area (Å²) in [4.78, 5) is 20.6. The van der Waals surface area contributed by atoms with Gasteiger partial charge in [-0.1, -0.05) is 0 Å². The van der Waals surface area contributed by atoms with Crippen molar-refractivity contribution in [3.63, 3.8) is 0 Å². The highest BCUT2D eigenvalue weighted by atomic mass is 16.6. The van der Waals surface area contributed by atoms with E-state index in [1.54, 1.807) is 11.1 Å². The van der Waals surface area contributed by atoms with Gasteiger partial charge in [-0.3, -0.25) is 0 Å². The third-order valence-corrected chi connectivity index (χ3v) is 3.60. The second-order valence-electron chi connectivity index (χ2n) is 6.75. The first-order chi connectivity index (χ1) is 10.8. The van der Waals surface area contributed by atoms with Crippen LogP contribution in [0.5, 0.6) is 5.75 Å². The molecule has 0 radical (unpaired) electrons. The topological polar surface area (TPSA) is 54.9 Å². The lowest BCUT2D eigenvalue weighted by Gasteiger charge is -2.40. The van der Waals surface area contributed by atoms with Crippen LogP contribution >= 0.6 is 0 Å². The molecule has 0 unspecified atom stereocenters. The van der Waals surface area contributed by atoms with E-state index in [-0.39, 0.29) is 12.1 Å². The van der Waals surface area contributed by atoms with E-state index in [9.17, 15) is 4.79 Å². The fraction of sp³-hybridized carbons (Fsp3) is 0.647. The Morgan fingerprint density at radius 1 is 1.39 bits per heavy atom. The van der Waals surface area contributed by atoms with Gasteiger partial charge in [0.1, 0.15) is 17.2 Å². The van der Waals surface area contributed by atoms with E-state index in [4.69, 9.17) is 9.47 Å². The number of anilines is 1. The first-order valence-corrected chi connectivity index (χ1v) is 8.13. The minimum atomic E-state index is -0.467. The maximum Gasteiger partial charge on any atom is 0.410 e. The van der Waals surface area contributed by atoms with E-state index in [0.29, 0.717) is 19.7 Å². The van der Waals surface area contributed by atoms with Gasteiger partial charge in [-0.05, 0) is 40.7 Å². The molecular weight excluding hydrogens is 294 g/mol. The molecule has 2 rings (SSSR count). The van der Waals surface area contributed by atoms with Crippen molar-refractivity contribution in [3.8, 4) is 5.75 Å². The predicted octanol–water partition coefficient (Wildman–Crippen LogP) is 2.93. The molecule has 128 valence electrons. The Morgan fingerprint density at radius 2 is 2.13 bits per heavy atom. The molecule has 0 N–H and O–H groups in total. The van der Waals surface area contributed by atoms with Gasteiger partial charge in [0.15, 0.2) is 0 Å². The van der Waals surface area contributed by atoms with Crippen molar-refractivity contribution in [1.82, 2.24) is 9.88 Å². The Bertz CT molecular complexity index is 542. The van der Waals surface area contributed by atoms with Crippen LogP contribution in [0.3, 0.4) is 0 Å². The van der Waals surface area contributed by atoms with E-state index in [0.717, 1.165) is 18.1 Å². The number of hydrogen-bond donors (Lipinski definition) is 0. The van der Waals surface area contributed by atoms with Crippen molar-refractivity contribution in [3.05, 3.63) is 18.3 Å². The minimum Gasteiger partial charge on any atom is -0.494 e. The molecule has 0 aliphatic carbocycles. The monoisotopic (exact) mass is 321 g/mol. The van der Waals surface area contributed by atoms with Crippen molar-refractivity contribution in [2.45, 2.75) is 46.3 Å². The van der Waals surface area contributed by atoms with E-state index in [1.165, 1.54) is 0 Å². The summed E-state index contributed by atoms with van der Waals surface area (Å²) in [6.07, 6.45) is 1.51. The van der Waals surface area contributed by atoms with Crippen LogP contribution in [0.2, 0.25) is 0 Å². The van der Waals surface area contributed by atoms with Crippen molar-refractivity contribution < 1.29 is 14.3 Å². The number of piperazine rings is 1. The van der Waals surface area contributed by atoms with Gasteiger partial charge in [0.05, 0.1) is 6.61 Å². The number of carbonyl (C=O) groups excluding carboxylic acids is 1. The molecule has 1 amide bonds. The SMILES string of the molecule is CCOc1ccnc(N2CCN(C(=O)OC(C)(C)C)C[C@@H]2C)c1. The van der Waals surface area contributed by atoms with Gasteiger partial charge < -0.3 is 19.3 Å². The molecule has 1 atom stereocenters. The fourth-order valence-corrected chi connectivity index (χ4v) is 2.60. The average Bonchev–Trinajstić information content (AvgIpc) is 2.46. The lowest BCUT2D eigenvalue weighted by Crippen LogP contribution is -2.54. The largest absolute Gasteiger partial charge is 0.494 e. The van der Waals surface area contributed by atoms with Crippen molar-refractivity contribution in [2.75, 3.05) is 31.1 Å². The van der Waals surface area contributed by atoms with Gasteiger partial charge in [0.2, 0.25) is 0 Å². The Morgan fingerprint density at radius 3 is 2.74 bits per heavy atom. The van der Waals surface area contributed by atoms with Crippen LogP contribution in [0.15, 0.2) is 18.3 Å². The third-order valence-electron chi connectivity index (χ3n) is 3.60. The highest BCUT2D eigenvalue weighted by Gasteiger charge is 2.30. The molecule has 1 aliphatic rings. The fourth-order valence-electron chi connectivity index (χ4n) is 2.60. The number of aromatic nitrogens is 1. The Labute approximate surface area is 138 Å².